The maximum atomic E-state index is 12.1. The van der Waals surface area contributed by atoms with Gasteiger partial charge in [-0.25, -0.2) is 4.98 Å². The van der Waals surface area contributed by atoms with E-state index in [1.807, 2.05) is 13.8 Å². The topological polar surface area (TPSA) is 59.8 Å². The van der Waals surface area contributed by atoms with Gasteiger partial charge < -0.3 is 5.32 Å². The van der Waals surface area contributed by atoms with Crippen LogP contribution in [0.15, 0.2) is 28.9 Å². The van der Waals surface area contributed by atoms with E-state index in [-0.39, 0.29) is 5.91 Å². The molecule has 2 aromatic heterocycles. The molecule has 0 bridgehead atoms. The molecule has 5 nitrogen and oxygen atoms in total. The normalized spacial score (nSPS) is 10.4. The summed E-state index contributed by atoms with van der Waals surface area (Å²) >= 11 is 3.33. The third-order valence-electron chi connectivity index (χ3n) is 2.40. The van der Waals surface area contributed by atoms with Gasteiger partial charge in [-0.3, -0.25) is 9.48 Å². The van der Waals surface area contributed by atoms with Crippen LogP contribution in [0.1, 0.15) is 23.1 Å². The summed E-state index contributed by atoms with van der Waals surface area (Å²) in [4.78, 5) is 16.2. The first-order valence-electron chi connectivity index (χ1n) is 5.57. The van der Waals surface area contributed by atoms with Crippen LogP contribution >= 0.6 is 15.9 Å². The molecule has 0 aromatic carbocycles. The van der Waals surface area contributed by atoms with Crippen molar-refractivity contribution >= 4 is 27.7 Å². The summed E-state index contributed by atoms with van der Waals surface area (Å²) in [5.74, 6) is 0.305. The van der Waals surface area contributed by atoms with Gasteiger partial charge in [0, 0.05) is 17.2 Å². The van der Waals surface area contributed by atoms with E-state index in [0.29, 0.717) is 18.1 Å². The number of hydrogen-bond donors (Lipinski definition) is 1. The number of pyridine rings is 1. The van der Waals surface area contributed by atoms with E-state index in [1.165, 1.54) is 0 Å². The number of rotatable bonds is 3. The summed E-state index contributed by atoms with van der Waals surface area (Å²) in [5.41, 5.74) is 1.36. The molecule has 0 atom stereocenters. The van der Waals surface area contributed by atoms with E-state index in [0.717, 1.165) is 10.2 Å². The number of halogens is 1. The molecule has 94 valence electrons. The fourth-order valence-electron chi connectivity index (χ4n) is 1.62. The first-order chi connectivity index (χ1) is 8.60. The molecule has 0 saturated heterocycles. The van der Waals surface area contributed by atoms with Crippen molar-refractivity contribution in [3.8, 4) is 0 Å². The molecule has 0 saturated carbocycles. The number of carbonyl (C=O) groups excluding carboxylic acids is 1. The number of carbonyl (C=O) groups is 1. The second-order valence-electron chi connectivity index (χ2n) is 3.80. The van der Waals surface area contributed by atoms with Crippen molar-refractivity contribution in [3.05, 3.63) is 40.3 Å². The molecule has 2 rings (SSSR count). The third-order valence-corrected chi connectivity index (χ3v) is 2.89. The van der Waals surface area contributed by atoms with Crippen LogP contribution in [0.5, 0.6) is 0 Å². The van der Waals surface area contributed by atoms with E-state index < -0.39 is 0 Å². The number of nitrogens with one attached hydrogen (secondary N) is 1. The Morgan fingerprint density at radius 2 is 2.28 bits per heavy atom. The van der Waals surface area contributed by atoms with Gasteiger partial charge in [-0.2, -0.15) is 5.10 Å². The third kappa shape index (κ3) is 2.76. The molecule has 0 aliphatic heterocycles. The smallest absolute Gasteiger partial charge is 0.275 e. The van der Waals surface area contributed by atoms with Crippen molar-refractivity contribution in [1.82, 2.24) is 14.8 Å². The van der Waals surface area contributed by atoms with Crippen LogP contribution in [0.3, 0.4) is 0 Å². The number of anilines is 1. The molecule has 0 aliphatic carbocycles. The monoisotopic (exact) mass is 308 g/mol. The highest BCUT2D eigenvalue weighted by atomic mass is 79.9. The summed E-state index contributed by atoms with van der Waals surface area (Å²) in [5, 5.41) is 6.98. The largest absolute Gasteiger partial charge is 0.305 e. The second-order valence-corrected chi connectivity index (χ2v) is 4.72. The van der Waals surface area contributed by atoms with Crippen LogP contribution < -0.4 is 5.32 Å². The number of amides is 1. The zero-order valence-electron chi connectivity index (χ0n) is 10.1. The molecule has 2 heterocycles. The molecule has 18 heavy (non-hydrogen) atoms. The predicted octanol–water partition coefficient (Wildman–Crippen LogP) is 2.62. The van der Waals surface area contributed by atoms with Crippen molar-refractivity contribution in [3.63, 3.8) is 0 Å². The minimum Gasteiger partial charge on any atom is -0.305 e. The maximum Gasteiger partial charge on any atom is 0.275 e. The van der Waals surface area contributed by atoms with E-state index in [1.54, 1.807) is 29.1 Å². The van der Waals surface area contributed by atoms with Gasteiger partial charge in [0.2, 0.25) is 0 Å². The number of aromatic nitrogens is 3. The van der Waals surface area contributed by atoms with Gasteiger partial charge >= 0.3 is 0 Å². The van der Waals surface area contributed by atoms with Gasteiger partial charge in [-0.15, -0.1) is 0 Å². The quantitative estimate of drug-likeness (QED) is 0.948. The second kappa shape index (κ2) is 5.30. The van der Waals surface area contributed by atoms with Crippen molar-refractivity contribution in [2.24, 2.45) is 0 Å². The molecule has 0 fully saturated rings. The van der Waals surface area contributed by atoms with Gasteiger partial charge in [-0.1, -0.05) is 15.9 Å². The lowest BCUT2D eigenvalue weighted by molar-refractivity contribution is 0.101. The highest BCUT2D eigenvalue weighted by Crippen LogP contribution is 2.14. The molecule has 0 radical (unpaired) electrons. The summed E-state index contributed by atoms with van der Waals surface area (Å²) in [7, 11) is 0. The van der Waals surface area contributed by atoms with E-state index in [2.05, 4.69) is 31.3 Å². The Labute approximate surface area is 113 Å². The molecule has 0 spiro atoms. The Balaban J connectivity index is 2.21. The fourth-order valence-corrected chi connectivity index (χ4v) is 1.96. The van der Waals surface area contributed by atoms with Crippen molar-refractivity contribution in [2.45, 2.75) is 20.4 Å². The van der Waals surface area contributed by atoms with E-state index in [9.17, 15) is 4.79 Å². The van der Waals surface area contributed by atoms with Gasteiger partial charge in [0.25, 0.3) is 5.91 Å². The molecule has 0 aliphatic rings. The SMILES string of the molecule is CCn1nc(C)cc1C(=O)Nc1cc(Br)ccn1. The van der Waals surface area contributed by atoms with Crippen molar-refractivity contribution in [1.29, 1.82) is 0 Å². The average Bonchev–Trinajstić information content (AvgIpc) is 2.70. The van der Waals surface area contributed by atoms with Crippen molar-refractivity contribution < 1.29 is 4.79 Å². The Morgan fingerprint density at radius 3 is 2.94 bits per heavy atom. The van der Waals surface area contributed by atoms with E-state index >= 15 is 0 Å². The van der Waals surface area contributed by atoms with Crippen LogP contribution in [0, 0.1) is 6.92 Å². The summed E-state index contributed by atoms with van der Waals surface area (Å²) in [6.45, 7) is 4.46. The van der Waals surface area contributed by atoms with Crippen LogP contribution in [0.25, 0.3) is 0 Å². The summed E-state index contributed by atoms with van der Waals surface area (Å²) in [6, 6.07) is 5.31. The lowest BCUT2D eigenvalue weighted by Crippen LogP contribution is -2.17. The molecular formula is C12H13BrN4O. The zero-order valence-corrected chi connectivity index (χ0v) is 11.7. The maximum absolute atomic E-state index is 12.1. The minimum atomic E-state index is -0.206. The van der Waals surface area contributed by atoms with Crippen LogP contribution in [-0.2, 0) is 6.54 Å². The van der Waals surface area contributed by atoms with Gasteiger partial charge in [0.15, 0.2) is 0 Å². The molecule has 0 unspecified atom stereocenters. The fraction of sp³-hybridized carbons (Fsp3) is 0.250. The molecular weight excluding hydrogens is 296 g/mol. The van der Waals surface area contributed by atoms with Crippen LogP contribution in [0.2, 0.25) is 0 Å². The highest BCUT2D eigenvalue weighted by Gasteiger charge is 2.13. The van der Waals surface area contributed by atoms with Crippen molar-refractivity contribution in [2.75, 3.05) is 5.32 Å². The van der Waals surface area contributed by atoms with Gasteiger partial charge in [0.1, 0.15) is 11.5 Å². The van der Waals surface area contributed by atoms with Gasteiger partial charge in [-0.05, 0) is 32.0 Å². The summed E-state index contributed by atoms with van der Waals surface area (Å²) in [6.07, 6.45) is 1.63. The molecule has 2 aromatic rings. The van der Waals surface area contributed by atoms with Gasteiger partial charge in [0.05, 0.1) is 5.69 Å². The number of hydrogen-bond acceptors (Lipinski definition) is 3. The predicted molar refractivity (Wildman–Crippen MR) is 72.5 cm³/mol. The molecule has 1 amide bonds. The number of nitrogens with zero attached hydrogens (tertiary/aromatic N) is 3. The molecule has 6 heteroatoms. The lowest BCUT2D eigenvalue weighted by atomic mass is 10.3. The Kier molecular flexibility index (Phi) is 3.76. The first-order valence-corrected chi connectivity index (χ1v) is 6.37. The lowest BCUT2D eigenvalue weighted by Gasteiger charge is -2.05. The minimum absolute atomic E-state index is 0.206. The van der Waals surface area contributed by atoms with E-state index in [4.69, 9.17) is 0 Å². The average molecular weight is 309 g/mol. The highest BCUT2D eigenvalue weighted by molar-refractivity contribution is 9.10. The molecule has 1 N–H and O–H groups in total. The number of aryl methyl sites for hydroxylation is 2. The zero-order chi connectivity index (χ0) is 13.1. The van der Waals surface area contributed by atoms with Crippen LogP contribution in [0.4, 0.5) is 5.82 Å². The summed E-state index contributed by atoms with van der Waals surface area (Å²) < 4.78 is 2.54. The standard InChI is InChI=1S/C12H13BrN4O/c1-3-17-10(6-8(2)16-17)12(18)15-11-7-9(13)4-5-14-11/h4-7H,3H2,1-2H3,(H,14,15,18). The first kappa shape index (κ1) is 12.8. The Bertz CT molecular complexity index is 579. The Morgan fingerprint density at radius 1 is 1.50 bits per heavy atom. The Hall–Kier alpha value is -1.69. The van der Waals surface area contributed by atoms with Crippen LogP contribution in [-0.4, -0.2) is 20.7 Å².